The highest BCUT2D eigenvalue weighted by atomic mass is 32.2. The van der Waals surface area contributed by atoms with E-state index in [4.69, 9.17) is 26.6 Å². The van der Waals surface area contributed by atoms with Gasteiger partial charge in [-0.05, 0) is 24.5 Å². The zero-order valence-electron chi connectivity index (χ0n) is 19.1. The Labute approximate surface area is 161 Å². The van der Waals surface area contributed by atoms with E-state index >= 15 is 0 Å². The van der Waals surface area contributed by atoms with Crippen molar-refractivity contribution in [1.82, 2.24) is 0 Å². The van der Waals surface area contributed by atoms with Gasteiger partial charge in [0.05, 0.1) is 15.6 Å². The monoisotopic (exact) mass is 388 g/mol. The van der Waals surface area contributed by atoms with E-state index in [0.717, 1.165) is 0 Å². The molecule has 26 heavy (non-hydrogen) atoms. The van der Waals surface area contributed by atoms with Crippen LogP contribution < -0.4 is 15.2 Å². The molecule has 2 aromatic rings. The first-order chi connectivity index (χ1) is 14.2. The van der Waals surface area contributed by atoms with Crippen molar-refractivity contribution >= 4 is 10.1 Å². The van der Waals surface area contributed by atoms with Gasteiger partial charge in [-0.1, -0.05) is 42.5 Å². The molecule has 0 aliphatic carbocycles. The smallest absolute Gasteiger partial charge is 0.261 e. The second-order valence-electron chi connectivity index (χ2n) is 5.14. The molecule has 2 unspecified atom stereocenters. The van der Waals surface area contributed by atoms with Crippen LogP contribution in [0.15, 0.2) is 54.6 Å². The number of aliphatic hydroxyl groups is 1. The minimum Gasteiger partial charge on any atom is -0.490 e. The lowest BCUT2D eigenvalue weighted by molar-refractivity contribution is 0.0394. The molecule has 0 saturated carbocycles. The van der Waals surface area contributed by atoms with Gasteiger partial charge in [0.1, 0.15) is 6.10 Å². The zero-order valence-corrected chi connectivity index (χ0v) is 14.9. The number of para-hydroxylation sites is 2. The van der Waals surface area contributed by atoms with Crippen molar-refractivity contribution in [2.24, 2.45) is 5.73 Å². The predicted octanol–water partition coefficient (Wildman–Crippen LogP) is 2.03. The van der Waals surface area contributed by atoms with Crippen LogP contribution in [0.2, 0.25) is 0 Å². The summed E-state index contributed by atoms with van der Waals surface area (Å²) in [6.45, 7) is -5.93. The van der Waals surface area contributed by atoms with E-state index < -0.39 is 35.7 Å². The lowest BCUT2D eigenvalue weighted by Crippen LogP contribution is -2.31. The summed E-state index contributed by atoms with van der Waals surface area (Å²) in [5.41, 5.74) is 6.23. The van der Waals surface area contributed by atoms with Gasteiger partial charge in [-0.25, -0.2) is 0 Å². The van der Waals surface area contributed by atoms with Gasteiger partial charge in [-0.2, -0.15) is 8.42 Å². The molecular weight excluding hydrogens is 358 g/mol. The molecule has 0 aliphatic rings. The quantitative estimate of drug-likeness (QED) is 0.621. The minimum absolute atomic E-state index is 0.0569. The van der Waals surface area contributed by atoms with Crippen molar-refractivity contribution in [3.8, 4) is 11.5 Å². The third-order valence-electron chi connectivity index (χ3n) is 2.98. The van der Waals surface area contributed by atoms with E-state index in [1.54, 1.807) is 36.4 Å². The van der Waals surface area contributed by atoms with Gasteiger partial charge in [-0.15, -0.1) is 0 Å². The number of hydrogen-bond donors (Lipinski definition) is 3. The fourth-order valence-corrected chi connectivity index (χ4v) is 1.96. The first kappa shape index (κ1) is 15.0. The Bertz CT molecular complexity index is 917. The van der Waals surface area contributed by atoms with Crippen LogP contribution in [0.1, 0.15) is 25.4 Å². The molecule has 0 bridgehead atoms. The third kappa shape index (κ3) is 8.30. The van der Waals surface area contributed by atoms with Crippen LogP contribution in [0.3, 0.4) is 0 Å². The highest BCUT2D eigenvalue weighted by Gasteiger charge is 2.23. The van der Waals surface area contributed by atoms with E-state index in [9.17, 15) is 13.5 Å². The zero-order chi connectivity index (χ0) is 23.9. The van der Waals surface area contributed by atoms with Crippen LogP contribution in [0.25, 0.3) is 0 Å². The summed E-state index contributed by atoms with van der Waals surface area (Å²) < 4.78 is 73.9. The molecule has 0 aromatic heterocycles. The fraction of sp³-hybridized carbons (Fsp3) is 0.333. The number of hydrogen-bond acceptors (Lipinski definition) is 6. The highest BCUT2D eigenvalue weighted by Crippen LogP contribution is 2.32. The summed E-state index contributed by atoms with van der Waals surface area (Å²) in [6, 6.07) is 15.0. The molecule has 0 heterocycles. The minimum atomic E-state index is -3.67. The molecule has 0 aliphatic heterocycles. The summed E-state index contributed by atoms with van der Waals surface area (Å²) in [5, 5.41) is 10.2. The molecule has 8 heteroatoms. The van der Waals surface area contributed by atoms with Crippen molar-refractivity contribution < 1.29 is 34.4 Å². The van der Waals surface area contributed by atoms with Gasteiger partial charge in [-0.3, -0.25) is 4.55 Å². The van der Waals surface area contributed by atoms with Crippen molar-refractivity contribution in [3.05, 3.63) is 60.2 Å². The van der Waals surface area contributed by atoms with Crippen molar-refractivity contribution in [1.29, 1.82) is 0 Å². The summed E-state index contributed by atoms with van der Waals surface area (Å²) >= 11 is 0. The Hall–Kier alpha value is -2.13. The summed E-state index contributed by atoms with van der Waals surface area (Å²) in [6.07, 6.45) is -1.14. The summed E-state index contributed by atoms with van der Waals surface area (Å²) in [5.74, 6) is 0.0146. The van der Waals surface area contributed by atoms with Crippen molar-refractivity contribution in [2.75, 3.05) is 19.4 Å². The number of benzene rings is 2. The van der Waals surface area contributed by atoms with Crippen LogP contribution in [0, 0.1) is 0 Å². The lowest BCUT2D eigenvalue weighted by atomic mass is 10.0. The molecular formula is C18H25NO6S. The third-order valence-corrected chi connectivity index (χ3v) is 2.98. The van der Waals surface area contributed by atoms with Crippen LogP contribution in [-0.2, 0) is 10.1 Å². The van der Waals surface area contributed by atoms with Crippen molar-refractivity contribution in [2.45, 2.75) is 19.1 Å². The highest BCUT2D eigenvalue weighted by molar-refractivity contribution is 7.85. The number of nitrogens with two attached hydrogens (primary N) is 1. The second kappa shape index (κ2) is 10.8. The van der Waals surface area contributed by atoms with E-state index in [1.807, 2.05) is 6.07 Å². The summed E-state index contributed by atoms with van der Waals surface area (Å²) in [4.78, 5) is 0. The Balaban J connectivity index is 0.000000861. The molecule has 0 fully saturated rings. The molecule has 2 aromatic carbocycles. The maximum absolute atomic E-state index is 10.2. The Kier molecular flexibility index (Phi) is 6.20. The van der Waals surface area contributed by atoms with Crippen LogP contribution >= 0.6 is 0 Å². The topological polar surface area (TPSA) is 119 Å². The number of rotatable bonds is 7. The van der Waals surface area contributed by atoms with E-state index in [0.29, 0.717) is 11.8 Å². The molecule has 7 nitrogen and oxygen atoms in total. The molecule has 2 rings (SSSR count). The van der Waals surface area contributed by atoms with Crippen LogP contribution in [0.5, 0.6) is 11.5 Å². The van der Waals surface area contributed by atoms with Gasteiger partial charge in [0.25, 0.3) is 10.1 Å². The molecule has 144 valence electrons. The average Bonchev–Trinajstić information content (AvgIpc) is 2.65. The van der Waals surface area contributed by atoms with Gasteiger partial charge in [0.2, 0.25) is 0 Å². The number of ether oxygens (including phenoxy) is 2. The van der Waals surface area contributed by atoms with Gasteiger partial charge >= 0.3 is 0 Å². The van der Waals surface area contributed by atoms with E-state index in [1.165, 1.54) is 12.1 Å². The summed E-state index contributed by atoms with van der Waals surface area (Å²) in [7, 11) is -3.67. The number of aliphatic hydroxyl groups excluding tert-OH is 1. The second-order valence-corrected chi connectivity index (χ2v) is 6.60. The molecule has 0 saturated heterocycles. The predicted molar refractivity (Wildman–Crippen MR) is 100.0 cm³/mol. The van der Waals surface area contributed by atoms with Gasteiger partial charge in [0, 0.05) is 10.7 Å². The van der Waals surface area contributed by atoms with E-state index in [-0.39, 0.29) is 18.0 Å². The standard InChI is InChI=1S/C17H21NO3.CH4O3S/c1-2-20-15-10-6-7-11-16(15)21-17(14(19)12-18)13-8-4-3-5-9-13;1-5(2,3)4/h3-11,14,17,19H,2,12,18H2,1H3;1H3,(H,2,3,4)/i1D3,2D2;. The van der Waals surface area contributed by atoms with Gasteiger partial charge in [0.15, 0.2) is 17.6 Å². The van der Waals surface area contributed by atoms with Crippen LogP contribution in [0.4, 0.5) is 0 Å². The Morgan fingerprint density at radius 1 is 1.15 bits per heavy atom. The maximum atomic E-state index is 10.2. The molecule has 0 radical (unpaired) electrons. The van der Waals surface area contributed by atoms with Gasteiger partial charge < -0.3 is 20.3 Å². The van der Waals surface area contributed by atoms with E-state index in [2.05, 4.69) is 0 Å². The average molecular weight is 388 g/mol. The fourth-order valence-electron chi connectivity index (χ4n) is 1.96. The SMILES string of the molecule is CS(=O)(=O)O.[2H]C([2H])([2H])C([2H])([2H])Oc1ccccc1OC(c1ccccc1)C(O)CN. The first-order valence-corrected chi connectivity index (χ1v) is 9.31. The Morgan fingerprint density at radius 2 is 1.69 bits per heavy atom. The molecule has 0 spiro atoms. The van der Waals surface area contributed by atoms with Crippen molar-refractivity contribution in [3.63, 3.8) is 0 Å². The molecule has 0 amide bonds. The molecule has 2 atom stereocenters. The largest absolute Gasteiger partial charge is 0.490 e. The lowest BCUT2D eigenvalue weighted by Gasteiger charge is -2.24. The normalized spacial score (nSPS) is 17.0. The Morgan fingerprint density at radius 3 is 2.23 bits per heavy atom. The van der Waals surface area contributed by atoms with Crippen LogP contribution in [-0.4, -0.2) is 43.5 Å². The maximum Gasteiger partial charge on any atom is 0.261 e. The molecule has 4 N–H and O–H groups in total. The first-order valence-electron chi connectivity index (χ1n) is 9.96.